The standard InChI is InChI=1S/C17H20N2O4S2/c1-13-3-8-16(24-13)17(20)18-9-11-19(12-10-18)25(21,22)15-6-4-14(23-2)5-7-15/h3-8H,9-12H2,1-2H3. The van der Waals surface area contributed by atoms with Gasteiger partial charge in [-0.3, -0.25) is 4.79 Å². The zero-order valence-corrected chi connectivity index (χ0v) is 15.8. The zero-order chi connectivity index (χ0) is 18.0. The van der Waals surface area contributed by atoms with Gasteiger partial charge in [0, 0.05) is 31.1 Å². The highest BCUT2D eigenvalue weighted by molar-refractivity contribution is 7.89. The number of ether oxygens (including phenoxy) is 1. The Morgan fingerprint density at radius 1 is 1.04 bits per heavy atom. The van der Waals surface area contributed by atoms with Crippen molar-refractivity contribution in [3.8, 4) is 5.75 Å². The summed E-state index contributed by atoms with van der Waals surface area (Å²) in [6.45, 7) is 3.34. The molecule has 0 bridgehead atoms. The van der Waals surface area contributed by atoms with Crippen molar-refractivity contribution in [2.24, 2.45) is 0 Å². The Morgan fingerprint density at radius 3 is 2.20 bits per heavy atom. The molecule has 1 fully saturated rings. The molecule has 134 valence electrons. The molecule has 2 aromatic rings. The number of piperazine rings is 1. The molecule has 8 heteroatoms. The normalized spacial score (nSPS) is 16.0. The van der Waals surface area contributed by atoms with Crippen molar-refractivity contribution in [3.05, 3.63) is 46.2 Å². The molecule has 0 atom stereocenters. The second-order valence-electron chi connectivity index (χ2n) is 5.78. The number of benzene rings is 1. The minimum absolute atomic E-state index is 0.0282. The van der Waals surface area contributed by atoms with E-state index in [1.165, 1.54) is 22.8 Å². The Bertz CT molecular complexity index is 851. The first kappa shape index (κ1) is 17.9. The average molecular weight is 380 g/mol. The number of hydrogen-bond donors (Lipinski definition) is 0. The molecule has 1 aliphatic rings. The van der Waals surface area contributed by atoms with Crippen LogP contribution < -0.4 is 4.74 Å². The number of carbonyl (C=O) groups excluding carboxylic acids is 1. The third-order valence-corrected chi connectivity index (χ3v) is 7.08. The van der Waals surface area contributed by atoms with Crippen LogP contribution in [-0.2, 0) is 10.0 Å². The number of hydrogen-bond acceptors (Lipinski definition) is 5. The molecule has 0 aliphatic carbocycles. The van der Waals surface area contributed by atoms with E-state index < -0.39 is 10.0 Å². The van der Waals surface area contributed by atoms with Gasteiger partial charge in [0.2, 0.25) is 10.0 Å². The van der Waals surface area contributed by atoms with E-state index >= 15 is 0 Å². The molecule has 6 nitrogen and oxygen atoms in total. The van der Waals surface area contributed by atoms with Gasteiger partial charge in [0.25, 0.3) is 5.91 Å². The van der Waals surface area contributed by atoms with E-state index in [-0.39, 0.29) is 10.8 Å². The van der Waals surface area contributed by atoms with Gasteiger partial charge in [0.05, 0.1) is 16.9 Å². The molecule has 0 radical (unpaired) electrons. The van der Waals surface area contributed by atoms with Crippen LogP contribution in [0, 0.1) is 6.92 Å². The van der Waals surface area contributed by atoms with Gasteiger partial charge in [0.1, 0.15) is 5.75 Å². The average Bonchev–Trinajstić information content (AvgIpc) is 3.07. The highest BCUT2D eigenvalue weighted by Gasteiger charge is 2.30. The lowest BCUT2D eigenvalue weighted by molar-refractivity contribution is 0.0703. The summed E-state index contributed by atoms with van der Waals surface area (Å²) in [5.41, 5.74) is 0. The first-order chi connectivity index (χ1) is 11.9. The van der Waals surface area contributed by atoms with Crippen LogP contribution >= 0.6 is 11.3 Å². The van der Waals surface area contributed by atoms with Gasteiger partial charge in [-0.2, -0.15) is 4.31 Å². The molecule has 0 N–H and O–H groups in total. The van der Waals surface area contributed by atoms with Crippen LogP contribution in [0.4, 0.5) is 0 Å². The molecule has 0 spiro atoms. The second kappa shape index (κ2) is 7.15. The molecule has 3 rings (SSSR count). The van der Waals surface area contributed by atoms with Crippen molar-refractivity contribution in [3.63, 3.8) is 0 Å². The summed E-state index contributed by atoms with van der Waals surface area (Å²) in [5.74, 6) is 0.584. The Morgan fingerprint density at radius 2 is 1.68 bits per heavy atom. The summed E-state index contributed by atoms with van der Waals surface area (Å²) in [6, 6.07) is 10.1. The fourth-order valence-corrected chi connectivity index (χ4v) is 4.99. The molecular weight excluding hydrogens is 360 g/mol. The van der Waals surface area contributed by atoms with Crippen molar-refractivity contribution < 1.29 is 17.9 Å². The Hall–Kier alpha value is -1.90. The van der Waals surface area contributed by atoms with Gasteiger partial charge in [-0.25, -0.2) is 8.42 Å². The predicted octanol–water partition coefficient (Wildman–Crippen LogP) is 2.21. The zero-order valence-electron chi connectivity index (χ0n) is 14.1. The number of aryl methyl sites for hydroxylation is 1. The van der Waals surface area contributed by atoms with E-state index in [0.717, 1.165) is 4.88 Å². The van der Waals surface area contributed by atoms with E-state index in [1.807, 2.05) is 19.1 Å². The van der Waals surface area contributed by atoms with Crippen molar-refractivity contribution in [1.82, 2.24) is 9.21 Å². The topological polar surface area (TPSA) is 66.9 Å². The highest BCUT2D eigenvalue weighted by Crippen LogP contribution is 2.22. The summed E-state index contributed by atoms with van der Waals surface area (Å²) in [4.78, 5) is 16.2. The molecule has 0 unspecified atom stereocenters. The van der Waals surface area contributed by atoms with Crippen molar-refractivity contribution in [2.75, 3.05) is 33.3 Å². The monoisotopic (exact) mass is 380 g/mol. The van der Waals surface area contributed by atoms with Crippen LogP contribution in [0.25, 0.3) is 0 Å². The van der Waals surface area contributed by atoms with Gasteiger partial charge in [0.15, 0.2) is 0 Å². The molecule has 1 saturated heterocycles. The van der Waals surface area contributed by atoms with Crippen LogP contribution in [-0.4, -0.2) is 56.8 Å². The largest absolute Gasteiger partial charge is 0.497 e. The van der Waals surface area contributed by atoms with E-state index in [0.29, 0.717) is 36.8 Å². The number of methoxy groups -OCH3 is 1. The van der Waals surface area contributed by atoms with Crippen molar-refractivity contribution >= 4 is 27.3 Å². The number of nitrogens with zero attached hydrogens (tertiary/aromatic N) is 2. The van der Waals surface area contributed by atoms with Gasteiger partial charge in [-0.05, 0) is 43.3 Å². The van der Waals surface area contributed by atoms with Crippen LogP contribution in [0.1, 0.15) is 14.5 Å². The maximum absolute atomic E-state index is 12.7. The number of carbonyl (C=O) groups is 1. The molecule has 1 aliphatic heterocycles. The first-order valence-corrected chi connectivity index (χ1v) is 10.2. The molecule has 1 amide bonds. The fourth-order valence-electron chi connectivity index (χ4n) is 2.73. The van der Waals surface area contributed by atoms with Crippen molar-refractivity contribution in [1.29, 1.82) is 0 Å². The maximum Gasteiger partial charge on any atom is 0.264 e. The lowest BCUT2D eigenvalue weighted by Gasteiger charge is -2.33. The number of amides is 1. The van der Waals surface area contributed by atoms with Crippen molar-refractivity contribution in [2.45, 2.75) is 11.8 Å². The van der Waals surface area contributed by atoms with Gasteiger partial charge >= 0.3 is 0 Å². The summed E-state index contributed by atoms with van der Waals surface area (Å²) in [7, 11) is -2.02. The van der Waals surface area contributed by atoms with Gasteiger partial charge < -0.3 is 9.64 Å². The smallest absolute Gasteiger partial charge is 0.264 e. The second-order valence-corrected chi connectivity index (χ2v) is 9.01. The van der Waals surface area contributed by atoms with Crippen LogP contribution in [0.5, 0.6) is 5.75 Å². The molecule has 1 aromatic carbocycles. The Kier molecular flexibility index (Phi) is 5.12. The predicted molar refractivity (Wildman–Crippen MR) is 96.7 cm³/mol. The lowest BCUT2D eigenvalue weighted by Crippen LogP contribution is -2.50. The number of rotatable bonds is 4. The number of sulfonamides is 1. The van der Waals surface area contributed by atoms with E-state index in [2.05, 4.69) is 0 Å². The lowest BCUT2D eigenvalue weighted by atomic mass is 10.3. The minimum atomic E-state index is -3.55. The molecule has 1 aromatic heterocycles. The SMILES string of the molecule is COc1ccc(S(=O)(=O)N2CCN(C(=O)c3ccc(C)s3)CC2)cc1. The minimum Gasteiger partial charge on any atom is -0.497 e. The summed E-state index contributed by atoms with van der Waals surface area (Å²) < 4.78 is 31.9. The summed E-state index contributed by atoms with van der Waals surface area (Å²) >= 11 is 1.46. The maximum atomic E-state index is 12.7. The van der Waals surface area contributed by atoms with Crippen LogP contribution in [0.3, 0.4) is 0 Å². The third kappa shape index (κ3) is 3.70. The fraction of sp³-hybridized carbons (Fsp3) is 0.353. The van der Waals surface area contributed by atoms with Crippen LogP contribution in [0.15, 0.2) is 41.3 Å². The van der Waals surface area contributed by atoms with Gasteiger partial charge in [-0.15, -0.1) is 11.3 Å². The molecular formula is C17H20N2O4S2. The van der Waals surface area contributed by atoms with E-state index in [4.69, 9.17) is 4.74 Å². The number of thiophene rings is 1. The quantitative estimate of drug-likeness (QED) is 0.816. The van der Waals surface area contributed by atoms with Crippen LogP contribution in [0.2, 0.25) is 0 Å². The molecule has 2 heterocycles. The Balaban J connectivity index is 1.67. The Labute approximate surface area is 151 Å². The molecule has 0 saturated carbocycles. The highest BCUT2D eigenvalue weighted by atomic mass is 32.2. The van der Waals surface area contributed by atoms with E-state index in [1.54, 1.807) is 29.2 Å². The first-order valence-electron chi connectivity index (χ1n) is 7.92. The molecule has 25 heavy (non-hydrogen) atoms. The summed E-state index contributed by atoms with van der Waals surface area (Å²) in [6.07, 6.45) is 0. The van der Waals surface area contributed by atoms with E-state index in [9.17, 15) is 13.2 Å². The summed E-state index contributed by atoms with van der Waals surface area (Å²) in [5, 5.41) is 0. The van der Waals surface area contributed by atoms with Gasteiger partial charge in [-0.1, -0.05) is 0 Å². The third-order valence-electron chi connectivity index (χ3n) is 4.17.